The van der Waals surface area contributed by atoms with Gasteiger partial charge in [-0.05, 0) is 201 Å². The number of hydrogen-bond acceptors (Lipinski definition) is 11. The first-order chi connectivity index (χ1) is 46.8. The smallest absolute Gasteiger partial charge is 0.416 e. The Labute approximate surface area is 579 Å². The minimum atomic E-state index is -4.78. The lowest BCUT2D eigenvalue weighted by Gasteiger charge is -2.37. The molecule has 2 fully saturated rings. The number of methoxy groups -OCH3 is 2. The summed E-state index contributed by atoms with van der Waals surface area (Å²) in [4.78, 5) is 84.0. The van der Waals surface area contributed by atoms with E-state index in [1.165, 1.54) is 13.2 Å². The van der Waals surface area contributed by atoms with Gasteiger partial charge in [0, 0.05) is 74.9 Å². The largest absolute Gasteiger partial charge is 0.496 e. The molecule has 0 radical (unpaired) electrons. The van der Waals surface area contributed by atoms with Gasteiger partial charge >= 0.3 is 24.3 Å². The number of benzene rings is 4. The van der Waals surface area contributed by atoms with Crippen LogP contribution < -0.4 is 31.2 Å². The lowest BCUT2D eigenvalue weighted by molar-refractivity contribution is -0.144. The normalized spacial score (nSPS) is 15.1. The van der Waals surface area contributed by atoms with E-state index in [1.807, 2.05) is 75.6 Å². The number of nitrogens with one attached hydrogen (secondary N) is 2. The number of hydrogen-bond donors (Lipinski definition) is 3. The van der Waals surface area contributed by atoms with E-state index in [-0.39, 0.29) is 77.5 Å². The van der Waals surface area contributed by atoms with Gasteiger partial charge in [0.05, 0.1) is 56.9 Å². The van der Waals surface area contributed by atoms with Crippen LogP contribution in [-0.4, -0.2) is 108 Å². The van der Waals surface area contributed by atoms with E-state index < -0.39 is 107 Å². The van der Waals surface area contributed by atoms with Crippen molar-refractivity contribution in [1.29, 1.82) is 0 Å². The van der Waals surface area contributed by atoms with Gasteiger partial charge in [-0.3, -0.25) is 28.8 Å². The first kappa shape index (κ1) is 79.0. The Kier molecular flexibility index (Phi) is 26.4. The fourth-order valence-corrected chi connectivity index (χ4v) is 13.7. The summed E-state index contributed by atoms with van der Waals surface area (Å²) in [5.74, 6) is -3.08. The van der Waals surface area contributed by atoms with Gasteiger partial charge in [0.15, 0.2) is 0 Å². The van der Waals surface area contributed by atoms with E-state index >= 15 is 8.78 Å². The molecule has 6 aromatic rings. The molecule has 0 aliphatic carbocycles. The van der Waals surface area contributed by atoms with Crippen LogP contribution >= 0.6 is 0 Å². The number of alkyl halides is 6. The summed E-state index contributed by atoms with van der Waals surface area (Å²) >= 11 is 0. The van der Waals surface area contributed by atoms with Crippen molar-refractivity contribution in [3.05, 3.63) is 172 Å². The van der Waals surface area contributed by atoms with Gasteiger partial charge in [-0.25, -0.2) is 8.78 Å². The molecule has 0 spiro atoms. The van der Waals surface area contributed by atoms with E-state index in [9.17, 15) is 60.2 Å². The van der Waals surface area contributed by atoms with Gasteiger partial charge in [0.1, 0.15) is 35.2 Å². The number of amides is 2. The van der Waals surface area contributed by atoms with Crippen molar-refractivity contribution in [3.63, 3.8) is 0 Å². The molecule has 100 heavy (non-hydrogen) atoms. The van der Waals surface area contributed by atoms with Crippen molar-refractivity contribution in [1.82, 2.24) is 29.6 Å². The SMILES string of the molecule is CCOC(=O)C[C@H](NC(=O)C(CC(C)C)n1cc(CCN2CC(C)C2)c(C(F)(F)F)cc1=O)c1cc(-c2c(C)ccc(OC)c2C)cc(C)c1F.COc1ccc(C)c(-c2cc(C)c(F)c([C@H](CC(=O)O)NC(=O)C(CC(C)C)n3cc(CCN4CC(C)C4)c(C(F)(F)F)cc3=O)c2)c1C. The Hall–Kier alpha value is -8.38. The number of ether oxygens (including phenoxy) is 3. The Balaban J connectivity index is 0.000000281. The maximum atomic E-state index is 16.1. The molecule has 4 atom stereocenters. The van der Waals surface area contributed by atoms with Crippen LogP contribution in [0.4, 0.5) is 35.1 Å². The Morgan fingerprint density at radius 1 is 0.570 bits per heavy atom. The second-order valence-electron chi connectivity index (χ2n) is 27.7. The topological polar surface area (TPSA) is 191 Å². The monoisotopic (exact) mass is 1400 g/mol. The lowest BCUT2D eigenvalue weighted by Crippen LogP contribution is -2.46. The van der Waals surface area contributed by atoms with E-state index in [2.05, 4.69) is 24.5 Å². The molecule has 3 N–H and O–H groups in total. The number of esters is 1. The standard InChI is InChI=1S/C39H49F4N3O5.C37H45F4N3O5/c1-9-51-35(48)18-31(29-16-28(15-25(6)37(29)40)36-24(5)10-11-33(50-8)26(36)7)44-38(49)32(14-22(2)3)46-21-27(12-13-45-19-23(4)20-45)30(17-34(46)47)39(41,42)43;1-20(2)12-30(44-19-25(10-11-43-17-21(3)18-43)28(15-32(44)45)37(39,40)41)36(48)42-29(16-33(46)47)27-14-26(13-23(5)35(27)38)34-22(4)8-9-31(49-7)24(34)6/h10-11,15-17,21-23,31-32H,9,12-14,18-20H2,1-8H3,(H,44,49);8-9,13-15,19-21,29-30H,10-12,16-18H2,1-7H3,(H,42,48)(H,46,47)/t31-,32?;29-,30?/m00/s1. The molecule has 544 valence electrons. The zero-order chi connectivity index (χ0) is 74.2. The minimum absolute atomic E-state index is 0.0138. The third-order valence-corrected chi connectivity index (χ3v) is 18.5. The second kappa shape index (κ2) is 33.4. The highest BCUT2D eigenvalue weighted by molar-refractivity contribution is 5.84. The zero-order valence-electron chi connectivity index (χ0n) is 59.7. The predicted octanol–water partition coefficient (Wildman–Crippen LogP) is 14.5. The number of aryl methyl sites for hydroxylation is 4. The number of halogens is 8. The fourth-order valence-electron chi connectivity index (χ4n) is 13.7. The van der Waals surface area contributed by atoms with Crippen LogP contribution in [0.1, 0.15) is 165 Å². The molecule has 0 bridgehead atoms. The Morgan fingerprint density at radius 2 is 0.940 bits per heavy atom. The summed E-state index contributed by atoms with van der Waals surface area (Å²) in [6, 6.07) is 9.74. The molecule has 16 nitrogen and oxygen atoms in total. The Bertz CT molecular complexity index is 4080. The molecule has 2 saturated heterocycles. The molecule has 4 heterocycles. The van der Waals surface area contributed by atoms with Crippen LogP contribution in [0.2, 0.25) is 0 Å². The maximum absolute atomic E-state index is 16.1. The van der Waals surface area contributed by atoms with Crippen LogP contribution in [0.15, 0.2) is 82.6 Å². The summed E-state index contributed by atoms with van der Waals surface area (Å²) < 4.78 is 135. The lowest BCUT2D eigenvalue weighted by atomic mass is 9.90. The van der Waals surface area contributed by atoms with Gasteiger partial charge < -0.3 is 48.9 Å². The van der Waals surface area contributed by atoms with Gasteiger partial charge in [-0.2, -0.15) is 26.3 Å². The summed E-state index contributed by atoms with van der Waals surface area (Å²) in [5, 5.41) is 15.3. The van der Waals surface area contributed by atoms with Gasteiger partial charge in [-0.15, -0.1) is 0 Å². The maximum Gasteiger partial charge on any atom is 0.416 e. The number of nitrogens with zero attached hydrogens (tertiary/aromatic N) is 4. The van der Waals surface area contributed by atoms with E-state index in [1.54, 1.807) is 59.9 Å². The molecule has 2 unspecified atom stereocenters. The number of aromatic nitrogens is 2. The highest BCUT2D eigenvalue weighted by Crippen LogP contribution is 2.41. The van der Waals surface area contributed by atoms with Crippen molar-refractivity contribution >= 4 is 23.8 Å². The molecule has 8 rings (SSSR count). The number of carbonyl (C=O) groups is 4. The number of carboxylic acid groups (broad SMARTS) is 1. The highest BCUT2D eigenvalue weighted by atomic mass is 19.4. The van der Waals surface area contributed by atoms with Crippen LogP contribution in [0, 0.1) is 76.8 Å². The molecule has 4 aromatic carbocycles. The Morgan fingerprint density at radius 3 is 1.26 bits per heavy atom. The molecular weight excluding hydrogens is 1310 g/mol. The summed E-state index contributed by atoms with van der Waals surface area (Å²) in [6.07, 6.45) is -8.21. The third kappa shape index (κ3) is 19.4. The first-order valence-corrected chi connectivity index (χ1v) is 33.8. The number of carbonyl (C=O) groups excluding carboxylic acids is 3. The van der Waals surface area contributed by atoms with E-state index in [0.717, 1.165) is 81.1 Å². The highest BCUT2D eigenvalue weighted by Gasteiger charge is 2.39. The predicted molar refractivity (Wildman–Crippen MR) is 367 cm³/mol. The summed E-state index contributed by atoms with van der Waals surface area (Å²) in [5.41, 5.74) is 2.32. The molecule has 2 aliphatic heterocycles. The van der Waals surface area contributed by atoms with Crippen LogP contribution in [0.5, 0.6) is 11.5 Å². The van der Waals surface area contributed by atoms with Crippen LogP contribution in [0.3, 0.4) is 0 Å². The number of likely N-dealkylation sites (tertiary alicyclic amines) is 2. The van der Waals surface area contributed by atoms with Crippen molar-refractivity contribution < 1.29 is 73.6 Å². The van der Waals surface area contributed by atoms with Gasteiger partial charge in [-0.1, -0.05) is 53.7 Å². The number of rotatable bonds is 27. The van der Waals surface area contributed by atoms with Crippen LogP contribution in [-0.2, 0) is 49.1 Å². The minimum Gasteiger partial charge on any atom is -0.496 e. The third-order valence-electron chi connectivity index (χ3n) is 18.5. The molecule has 24 heteroatoms. The van der Waals surface area contributed by atoms with Crippen molar-refractivity contribution in [2.75, 3.05) is 60.1 Å². The fraction of sp³-hybridized carbons (Fsp3) is 0.500. The van der Waals surface area contributed by atoms with E-state index in [0.29, 0.717) is 59.7 Å². The van der Waals surface area contributed by atoms with E-state index in [4.69, 9.17) is 14.2 Å². The van der Waals surface area contributed by atoms with Crippen molar-refractivity contribution in [2.45, 2.75) is 165 Å². The molecule has 2 aliphatic rings. The van der Waals surface area contributed by atoms with Gasteiger partial charge in [0.25, 0.3) is 11.1 Å². The van der Waals surface area contributed by atoms with Gasteiger partial charge in [0.2, 0.25) is 11.8 Å². The molecule has 0 saturated carbocycles. The first-order valence-electron chi connectivity index (χ1n) is 33.8. The summed E-state index contributed by atoms with van der Waals surface area (Å²) in [6.45, 7) is 27.5. The average molecular weight is 1400 g/mol. The number of pyridine rings is 2. The second-order valence-corrected chi connectivity index (χ2v) is 27.7. The van der Waals surface area contributed by atoms with Crippen molar-refractivity contribution in [3.8, 4) is 33.8 Å². The van der Waals surface area contributed by atoms with Crippen LogP contribution in [0.25, 0.3) is 22.3 Å². The quantitative estimate of drug-likeness (QED) is 0.0327. The molecule has 2 amide bonds. The van der Waals surface area contributed by atoms with Crippen molar-refractivity contribution in [2.24, 2.45) is 23.7 Å². The summed E-state index contributed by atoms with van der Waals surface area (Å²) in [7, 11) is 3.09. The molecular formula is C76H94F8N6O10. The molecule has 2 aromatic heterocycles. The number of carboxylic acids is 1. The zero-order valence-corrected chi connectivity index (χ0v) is 59.7. The number of aliphatic carboxylic acids is 1. The average Bonchev–Trinajstić information content (AvgIpc) is 0.790.